The zero-order valence-electron chi connectivity index (χ0n) is 12.1. The Labute approximate surface area is 123 Å². The highest BCUT2D eigenvalue weighted by atomic mass is 79.9. The van der Waals surface area contributed by atoms with Crippen LogP contribution < -0.4 is 10.5 Å². The lowest BCUT2D eigenvalue weighted by molar-refractivity contribution is 0.347. The van der Waals surface area contributed by atoms with E-state index in [1.165, 1.54) is 11.1 Å². The second-order valence-electron chi connectivity index (χ2n) is 7.03. The molecule has 1 saturated carbocycles. The summed E-state index contributed by atoms with van der Waals surface area (Å²) in [5.74, 6) is 1.54. The number of rotatable bonds is 2. The topological polar surface area (TPSA) is 35.2 Å². The molecule has 1 aliphatic carbocycles. The minimum Gasteiger partial charge on any atom is -0.493 e. The highest BCUT2D eigenvalue weighted by Crippen LogP contribution is 2.72. The van der Waals surface area contributed by atoms with E-state index >= 15 is 0 Å². The number of benzene rings is 1. The number of hydrogen-bond donors (Lipinski definition) is 1. The van der Waals surface area contributed by atoms with Crippen LogP contribution in [0, 0.1) is 16.7 Å². The number of fused-ring (bicyclic) bond motifs is 1. The molecule has 1 fully saturated rings. The van der Waals surface area contributed by atoms with Crippen LogP contribution in [0.2, 0.25) is 0 Å². The van der Waals surface area contributed by atoms with Gasteiger partial charge in [-0.3, -0.25) is 0 Å². The summed E-state index contributed by atoms with van der Waals surface area (Å²) in [5.41, 5.74) is 9.64. The summed E-state index contributed by atoms with van der Waals surface area (Å²) in [7, 11) is 0. The third-order valence-electron chi connectivity index (χ3n) is 5.63. The van der Waals surface area contributed by atoms with Crippen LogP contribution in [0.5, 0.6) is 5.75 Å². The van der Waals surface area contributed by atoms with Gasteiger partial charge in [-0.1, -0.05) is 43.6 Å². The molecule has 1 aromatic rings. The lowest BCUT2D eigenvalue weighted by atomic mass is 9.95. The summed E-state index contributed by atoms with van der Waals surface area (Å²) in [4.78, 5) is 0. The summed E-state index contributed by atoms with van der Waals surface area (Å²) >= 11 is 3.60. The molecule has 0 aromatic heterocycles. The molecule has 0 radical (unpaired) electrons. The van der Waals surface area contributed by atoms with Crippen molar-refractivity contribution in [2.45, 2.75) is 40.2 Å². The fraction of sp³-hybridized carbons (Fsp3) is 0.625. The Morgan fingerprint density at radius 1 is 1.26 bits per heavy atom. The summed E-state index contributed by atoms with van der Waals surface area (Å²) in [5, 5.41) is 0. The standard InChI is InChI=1S/C16H22BrNO/c1-15(2)14(16(15,3)4)12(18)11-8-10(17)7-9-5-6-19-13(9)11/h7-8,12,14H,5-6,18H2,1-4H3. The minimum absolute atomic E-state index is 0.0503. The zero-order valence-corrected chi connectivity index (χ0v) is 13.7. The predicted molar refractivity (Wildman–Crippen MR) is 81.3 cm³/mol. The molecule has 1 heterocycles. The number of hydrogen-bond acceptors (Lipinski definition) is 2. The van der Waals surface area contributed by atoms with E-state index in [4.69, 9.17) is 10.5 Å². The summed E-state index contributed by atoms with van der Waals surface area (Å²) in [6.07, 6.45) is 0.992. The molecule has 1 atom stereocenters. The molecule has 2 nitrogen and oxygen atoms in total. The van der Waals surface area contributed by atoms with Gasteiger partial charge in [-0.15, -0.1) is 0 Å². The average molecular weight is 324 g/mol. The van der Waals surface area contributed by atoms with Gasteiger partial charge >= 0.3 is 0 Å². The zero-order chi connectivity index (χ0) is 14.0. The van der Waals surface area contributed by atoms with Gasteiger partial charge in [-0.25, -0.2) is 0 Å². The quantitative estimate of drug-likeness (QED) is 0.890. The summed E-state index contributed by atoms with van der Waals surface area (Å²) in [6.45, 7) is 10.0. The van der Waals surface area contributed by atoms with Crippen molar-refractivity contribution in [3.8, 4) is 5.75 Å². The molecule has 19 heavy (non-hydrogen) atoms. The molecule has 0 amide bonds. The van der Waals surface area contributed by atoms with E-state index < -0.39 is 0 Å². The Bertz CT molecular complexity index is 522. The van der Waals surface area contributed by atoms with Gasteiger partial charge in [0.1, 0.15) is 5.75 Å². The van der Waals surface area contributed by atoms with Crippen LogP contribution in [-0.2, 0) is 6.42 Å². The Morgan fingerprint density at radius 2 is 1.89 bits per heavy atom. The van der Waals surface area contributed by atoms with Gasteiger partial charge in [-0.2, -0.15) is 0 Å². The molecular weight excluding hydrogens is 302 g/mol. The van der Waals surface area contributed by atoms with Gasteiger partial charge in [0.25, 0.3) is 0 Å². The maximum atomic E-state index is 6.59. The second-order valence-corrected chi connectivity index (χ2v) is 7.94. The summed E-state index contributed by atoms with van der Waals surface area (Å²) in [6, 6.07) is 4.34. The predicted octanol–water partition coefficient (Wildman–Crippen LogP) is 4.07. The highest BCUT2D eigenvalue weighted by molar-refractivity contribution is 9.10. The van der Waals surface area contributed by atoms with Crippen LogP contribution in [0.1, 0.15) is 44.9 Å². The Morgan fingerprint density at radius 3 is 2.47 bits per heavy atom. The van der Waals surface area contributed by atoms with Gasteiger partial charge in [0.2, 0.25) is 0 Å². The molecular formula is C16H22BrNO. The second kappa shape index (κ2) is 3.98. The fourth-order valence-corrected chi connectivity index (χ4v) is 4.39. The largest absolute Gasteiger partial charge is 0.493 e. The molecule has 1 unspecified atom stereocenters. The van der Waals surface area contributed by atoms with Gasteiger partial charge in [-0.05, 0) is 34.4 Å². The van der Waals surface area contributed by atoms with Crippen molar-refractivity contribution in [2.75, 3.05) is 6.61 Å². The molecule has 2 aliphatic rings. The summed E-state index contributed by atoms with van der Waals surface area (Å²) < 4.78 is 6.93. The molecule has 1 aromatic carbocycles. The average Bonchev–Trinajstić information content (AvgIpc) is 2.68. The Hall–Kier alpha value is -0.540. The molecule has 3 heteroatoms. The molecule has 0 saturated heterocycles. The van der Waals surface area contributed by atoms with Crippen molar-refractivity contribution in [2.24, 2.45) is 22.5 Å². The van der Waals surface area contributed by atoms with Gasteiger partial charge < -0.3 is 10.5 Å². The third-order valence-corrected chi connectivity index (χ3v) is 6.09. The molecule has 0 spiro atoms. The van der Waals surface area contributed by atoms with Crippen molar-refractivity contribution < 1.29 is 4.74 Å². The first-order valence-electron chi connectivity index (χ1n) is 6.97. The number of nitrogens with two attached hydrogens (primary N) is 1. The van der Waals surface area contributed by atoms with Crippen LogP contribution in [-0.4, -0.2) is 6.61 Å². The molecule has 0 bridgehead atoms. The lowest BCUT2D eigenvalue weighted by Gasteiger charge is -2.18. The van der Waals surface area contributed by atoms with Crippen LogP contribution in [0.4, 0.5) is 0 Å². The molecule has 3 rings (SSSR count). The first-order valence-corrected chi connectivity index (χ1v) is 7.77. The maximum Gasteiger partial charge on any atom is 0.127 e. The third kappa shape index (κ3) is 1.78. The highest BCUT2D eigenvalue weighted by Gasteiger charge is 2.67. The molecule has 1 aliphatic heterocycles. The van der Waals surface area contributed by atoms with Gasteiger partial charge in [0.15, 0.2) is 0 Å². The van der Waals surface area contributed by atoms with Crippen LogP contribution >= 0.6 is 15.9 Å². The lowest BCUT2D eigenvalue weighted by Crippen LogP contribution is -2.17. The number of ether oxygens (including phenoxy) is 1. The number of halogens is 1. The van der Waals surface area contributed by atoms with E-state index in [1.807, 2.05) is 0 Å². The van der Waals surface area contributed by atoms with Crippen molar-refractivity contribution >= 4 is 15.9 Å². The molecule has 104 valence electrons. The monoisotopic (exact) mass is 323 g/mol. The van der Waals surface area contributed by atoms with E-state index in [-0.39, 0.29) is 6.04 Å². The van der Waals surface area contributed by atoms with Crippen molar-refractivity contribution in [3.05, 3.63) is 27.7 Å². The SMILES string of the molecule is CC1(C)C(C(N)c2cc(Br)cc3c2OCC3)C1(C)C. The fourth-order valence-electron chi connectivity index (χ4n) is 3.87. The van der Waals surface area contributed by atoms with E-state index in [2.05, 4.69) is 55.8 Å². The van der Waals surface area contributed by atoms with E-state index in [9.17, 15) is 0 Å². The normalized spacial score (nSPS) is 24.7. The first kappa shape index (κ1) is 13.4. The smallest absolute Gasteiger partial charge is 0.127 e. The van der Waals surface area contributed by atoms with Crippen molar-refractivity contribution in [1.82, 2.24) is 0 Å². The van der Waals surface area contributed by atoms with Crippen molar-refractivity contribution in [1.29, 1.82) is 0 Å². The Kier molecular flexibility index (Phi) is 2.82. The Balaban J connectivity index is 2.00. The molecule has 2 N–H and O–H groups in total. The van der Waals surface area contributed by atoms with Crippen LogP contribution in [0.25, 0.3) is 0 Å². The van der Waals surface area contributed by atoms with Crippen LogP contribution in [0.15, 0.2) is 16.6 Å². The van der Waals surface area contributed by atoms with Crippen molar-refractivity contribution in [3.63, 3.8) is 0 Å². The maximum absolute atomic E-state index is 6.59. The van der Waals surface area contributed by atoms with E-state index in [0.29, 0.717) is 16.7 Å². The van der Waals surface area contributed by atoms with Gasteiger partial charge in [0, 0.05) is 22.5 Å². The first-order chi connectivity index (χ1) is 8.76. The van der Waals surface area contributed by atoms with Crippen LogP contribution in [0.3, 0.4) is 0 Å². The van der Waals surface area contributed by atoms with E-state index in [1.54, 1.807) is 0 Å². The minimum atomic E-state index is 0.0503. The van der Waals surface area contributed by atoms with E-state index in [0.717, 1.165) is 23.2 Å². The van der Waals surface area contributed by atoms with Gasteiger partial charge in [0.05, 0.1) is 6.61 Å².